The van der Waals surface area contributed by atoms with Crippen molar-refractivity contribution in [1.82, 2.24) is 5.32 Å². The third kappa shape index (κ3) is 7.16. The SMILES string of the molecule is NC(=NC=Nc1cc(Cl)c(O)c(Cl)c1)C(=O)NCc1cccc(OC(F)(F)F)c1. The molecule has 2 rings (SSSR count). The normalized spacial score (nSPS) is 12.2. The fraction of sp³-hybridized carbons (Fsp3) is 0.118. The van der Waals surface area contributed by atoms with E-state index in [1.165, 1.54) is 24.3 Å². The molecule has 7 nitrogen and oxygen atoms in total. The molecule has 0 aliphatic heterocycles. The number of alkyl halides is 3. The number of phenolic OH excluding ortho intramolecular Hbond substituents is 1. The van der Waals surface area contributed by atoms with Crippen LogP contribution in [0.5, 0.6) is 11.5 Å². The second-order valence-electron chi connectivity index (χ2n) is 5.39. The summed E-state index contributed by atoms with van der Waals surface area (Å²) < 4.78 is 40.5. The van der Waals surface area contributed by atoms with Gasteiger partial charge in [-0.3, -0.25) is 4.79 Å². The minimum atomic E-state index is -4.82. The van der Waals surface area contributed by atoms with Gasteiger partial charge in [0.2, 0.25) is 0 Å². The first-order chi connectivity index (χ1) is 13.5. The lowest BCUT2D eigenvalue weighted by molar-refractivity contribution is -0.274. The molecule has 0 aliphatic carbocycles. The van der Waals surface area contributed by atoms with E-state index in [2.05, 4.69) is 20.0 Å². The summed E-state index contributed by atoms with van der Waals surface area (Å²) in [6.45, 7) is -0.107. The molecule has 0 saturated heterocycles. The van der Waals surface area contributed by atoms with E-state index in [-0.39, 0.29) is 28.0 Å². The number of hydrogen-bond acceptors (Lipinski definition) is 4. The van der Waals surface area contributed by atoms with E-state index in [0.717, 1.165) is 18.5 Å². The average Bonchev–Trinajstić information content (AvgIpc) is 2.63. The number of benzene rings is 2. The van der Waals surface area contributed by atoms with Crippen molar-refractivity contribution in [3.8, 4) is 11.5 Å². The van der Waals surface area contributed by atoms with E-state index >= 15 is 0 Å². The van der Waals surface area contributed by atoms with Crippen molar-refractivity contribution in [2.45, 2.75) is 12.9 Å². The largest absolute Gasteiger partial charge is 0.573 e. The summed E-state index contributed by atoms with van der Waals surface area (Å²) in [4.78, 5) is 19.4. The Bertz CT molecular complexity index is 942. The van der Waals surface area contributed by atoms with Gasteiger partial charge < -0.3 is 20.9 Å². The first kappa shape index (κ1) is 22.3. The van der Waals surface area contributed by atoms with Crippen LogP contribution in [-0.2, 0) is 11.3 Å². The first-order valence-corrected chi connectivity index (χ1v) is 8.47. The highest BCUT2D eigenvalue weighted by Crippen LogP contribution is 2.35. The van der Waals surface area contributed by atoms with Gasteiger partial charge in [-0.05, 0) is 29.8 Å². The molecule has 1 amide bonds. The molecule has 0 heterocycles. The Morgan fingerprint density at radius 2 is 1.90 bits per heavy atom. The molecule has 0 spiro atoms. The Morgan fingerprint density at radius 3 is 2.52 bits per heavy atom. The maximum Gasteiger partial charge on any atom is 0.573 e. The van der Waals surface area contributed by atoms with Crippen LogP contribution in [0.4, 0.5) is 18.9 Å². The Balaban J connectivity index is 1.96. The first-order valence-electron chi connectivity index (χ1n) is 7.72. The number of rotatable bonds is 5. The Hall–Kier alpha value is -2.98. The molecular weight excluding hydrogens is 436 g/mol. The van der Waals surface area contributed by atoms with Crippen molar-refractivity contribution in [3.63, 3.8) is 0 Å². The number of ether oxygens (including phenoxy) is 1. The van der Waals surface area contributed by atoms with Gasteiger partial charge in [0, 0.05) is 6.54 Å². The molecule has 0 aliphatic rings. The number of carbonyl (C=O) groups is 1. The molecule has 0 saturated carbocycles. The van der Waals surface area contributed by atoms with Gasteiger partial charge in [0.1, 0.15) is 12.1 Å². The van der Waals surface area contributed by atoms with Crippen LogP contribution in [0.1, 0.15) is 5.56 Å². The molecular formula is C17H13Cl2F3N4O3. The molecule has 12 heteroatoms. The summed E-state index contributed by atoms with van der Waals surface area (Å²) in [7, 11) is 0. The zero-order valence-corrected chi connectivity index (χ0v) is 15.9. The highest BCUT2D eigenvalue weighted by molar-refractivity contribution is 6.38. The van der Waals surface area contributed by atoms with Crippen LogP contribution in [0.2, 0.25) is 10.0 Å². The van der Waals surface area contributed by atoms with Crippen LogP contribution < -0.4 is 15.8 Å². The zero-order valence-electron chi connectivity index (χ0n) is 14.4. The smallest absolute Gasteiger partial charge is 0.505 e. The van der Waals surface area contributed by atoms with E-state index in [4.69, 9.17) is 28.9 Å². The maximum absolute atomic E-state index is 12.2. The van der Waals surface area contributed by atoms with Crippen LogP contribution in [0, 0.1) is 0 Å². The predicted octanol–water partition coefficient (Wildman–Crippen LogP) is 3.93. The number of nitrogens with zero attached hydrogens (tertiary/aromatic N) is 2. The molecule has 0 unspecified atom stereocenters. The van der Waals surface area contributed by atoms with Crippen molar-refractivity contribution < 1.29 is 27.8 Å². The van der Waals surface area contributed by atoms with Gasteiger partial charge in [0.15, 0.2) is 11.6 Å². The summed E-state index contributed by atoms with van der Waals surface area (Å²) in [6.07, 6.45) is -3.84. The predicted molar refractivity (Wildman–Crippen MR) is 103 cm³/mol. The third-order valence-corrected chi connectivity index (χ3v) is 3.80. The number of halogens is 5. The third-order valence-electron chi connectivity index (χ3n) is 3.22. The van der Waals surface area contributed by atoms with E-state index in [1.54, 1.807) is 0 Å². The second kappa shape index (κ2) is 9.48. The topological polar surface area (TPSA) is 109 Å². The number of aliphatic imine (C=N–C) groups is 2. The molecule has 0 fully saturated rings. The Kier molecular flexibility index (Phi) is 7.29. The lowest BCUT2D eigenvalue weighted by Gasteiger charge is -2.10. The quantitative estimate of drug-likeness (QED) is 0.475. The van der Waals surface area contributed by atoms with E-state index in [1.807, 2.05) is 0 Å². The summed E-state index contributed by atoms with van der Waals surface area (Å²) in [5.74, 6) is -1.91. The van der Waals surface area contributed by atoms with Gasteiger partial charge in [0.05, 0.1) is 15.7 Å². The average molecular weight is 449 g/mol. The van der Waals surface area contributed by atoms with Gasteiger partial charge in [-0.15, -0.1) is 13.2 Å². The molecule has 4 N–H and O–H groups in total. The van der Waals surface area contributed by atoms with Gasteiger partial charge in [0.25, 0.3) is 5.91 Å². The number of nitrogens with two attached hydrogens (primary N) is 1. The van der Waals surface area contributed by atoms with Crippen LogP contribution in [0.25, 0.3) is 0 Å². The van der Waals surface area contributed by atoms with Gasteiger partial charge in [-0.2, -0.15) is 0 Å². The standard InChI is InChI=1S/C17H13Cl2F3N4O3/c18-12-5-10(6-13(19)14(12)27)25-8-26-15(23)16(28)24-7-9-2-1-3-11(4-9)29-17(20,21)22/h1-6,8,27H,7H2,(H,24,28)(H2,23,25,26). The van der Waals surface area contributed by atoms with Crippen molar-refractivity contribution in [2.24, 2.45) is 15.7 Å². The molecule has 2 aromatic carbocycles. The van der Waals surface area contributed by atoms with Gasteiger partial charge in [-0.1, -0.05) is 35.3 Å². The minimum Gasteiger partial charge on any atom is -0.505 e. The number of carbonyl (C=O) groups excluding carboxylic acids is 1. The molecule has 0 aromatic heterocycles. The summed E-state index contributed by atoms with van der Waals surface area (Å²) in [5, 5.41) is 11.8. The number of amidine groups is 1. The summed E-state index contributed by atoms with van der Waals surface area (Å²) in [6, 6.07) is 7.74. The maximum atomic E-state index is 12.2. The lowest BCUT2D eigenvalue weighted by atomic mass is 10.2. The number of aromatic hydroxyl groups is 1. The second-order valence-corrected chi connectivity index (χ2v) is 6.21. The minimum absolute atomic E-state index is 0.0175. The van der Waals surface area contributed by atoms with Crippen molar-refractivity contribution in [2.75, 3.05) is 0 Å². The van der Waals surface area contributed by atoms with Crippen molar-refractivity contribution in [3.05, 3.63) is 52.0 Å². The Morgan fingerprint density at radius 1 is 1.24 bits per heavy atom. The highest BCUT2D eigenvalue weighted by atomic mass is 35.5. The fourth-order valence-electron chi connectivity index (χ4n) is 1.97. The van der Waals surface area contributed by atoms with Crippen LogP contribution >= 0.6 is 23.2 Å². The van der Waals surface area contributed by atoms with Crippen LogP contribution in [0.15, 0.2) is 46.4 Å². The van der Waals surface area contributed by atoms with Gasteiger partial charge in [-0.25, -0.2) is 9.98 Å². The Labute approximate surface area is 172 Å². The molecule has 2 aromatic rings. The van der Waals surface area contributed by atoms with Gasteiger partial charge >= 0.3 is 6.36 Å². The number of phenols is 1. The molecule has 0 atom stereocenters. The van der Waals surface area contributed by atoms with Crippen molar-refractivity contribution in [1.29, 1.82) is 0 Å². The highest BCUT2D eigenvalue weighted by Gasteiger charge is 2.31. The zero-order chi connectivity index (χ0) is 21.6. The number of nitrogens with one attached hydrogen (secondary N) is 1. The number of hydrogen-bond donors (Lipinski definition) is 3. The molecule has 154 valence electrons. The summed E-state index contributed by atoms with van der Waals surface area (Å²) >= 11 is 11.5. The fourth-order valence-corrected chi connectivity index (χ4v) is 2.44. The molecule has 0 radical (unpaired) electrons. The summed E-state index contributed by atoms with van der Waals surface area (Å²) in [5.41, 5.74) is 6.14. The van der Waals surface area contributed by atoms with Crippen LogP contribution in [-0.4, -0.2) is 29.6 Å². The van der Waals surface area contributed by atoms with Crippen LogP contribution in [0.3, 0.4) is 0 Å². The van der Waals surface area contributed by atoms with E-state index in [9.17, 15) is 23.1 Å². The lowest BCUT2D eigenvalue weighted by Crippen LogP contribution is -2.36. The van der Waals surface area contributed by atoms with Crippen molar-refractivity contribution >= 4 is 47.0 Å². The van der Waals surface area contributed by atoms with E-state index < -0.39 is 23.9 Å². The number of amides is 1. The monoisotopic (exact) mass is 448 g/mol. The molecule has 29 heavy (non-hydrogen) atoms. The van der Waals surface area contributed by atoms with E-state index in [0.29, 0.717) is 5.56 Å². The molecule has 0 bridgehead atoms.